The zero-order chi connectivity index (χ0) is 16.7. The van der Waals surface area contributed by atoms with Gasteiger partial charge in [-0.3, -0.25) is 0 Å². The van der Waals surface area contributed by atoms with Gasteiger partial charge in [0.05, 0.1) is 4.90 Å². The molecule has 0 radical (unpaired) electrons. The Morgan fingerprint density at radius 3 is 2.75 bits per heavy atom. The monoisotopic (exact) mass is 346 g/mol. The van der Waals surface area contributed by atoms with Crippen LogP contribution in [0.5, 0.6) is 0 Å². The van der Waals surface area contributed by atoms with Crippen molar-refractivity contribution in [1.29, 1.82) is 0 Å². The van der Waals surface area contributed by atoms with Crippen molar-refractivity contribution in [2.24, 2.45) is 5.92 Å². The first-order chi connectivity index (χ1) is 11.6. The predicted octanol–water partition coefficient (Wildman–Crippen LogP) is 2.33. The lowest BCUT2D eigenvalue weighted by molar-refractivity contribution is 0.350. The number of halogens is 1. The summed E-state index contributed by atoms with van der Waals surface area (Å²) in [6, 6.07) is 13.3. The van der Waals surface area contributed by atoms with Crippen LogP contribution in [0.2, 0.25) is 0 Å². The summed E-state index contributed by atoms with van der Waals surface area (Å²) in [4.78, 5) is 0.0180. The molecule has 4 rings (SSSR count). The van der Waals surface area contributed by atoms with Crippen molar-refractivity contribution < 1.29 is 12.8 Å². The molecule has 0 aliphatic carbocycles. The van der Waals surface area contributed by atoms with Crippen molar-refractivity contribution in [3.05, 3.63) is 65.5 Å². The fourth-order valence-corrected chi connectivity index (χ4v) is 5.31. The summed E-state index contributed by atoms with van der Waals surface area (Å²) < 4.78 is 41.1. The Bertz CT molecular complexity index is 869. The molecule has 1 saturated heterocycles. The van der Waals surface area contributed by atoms with E-state index in [1.165, 1.54) is 28.1 Å². The minimum absolute atomic E-state index is 0.0180. The first-order valence-electron chi connectivity index (χ1n) is 8.10. The van der Waals surface area contributed by atoms with Gasteiger partial charge in [-0.15, -0.1) is 0 Å². The maximum atomic E-state index is 13.5. The Labute approximate surface area is 141 Å². The quantitative estimate of drug-likeness (QED) is 0.908. The third kappa shape index (κ3) is 2.64. The zero-order valence-corrected chi connectivity index (χ0v) is 14.0. The van der Waals surface area contributed by atoms with Crippen molar-refractivity contribution >= 4 is 10.0 Å². The molecule has 2 heterocycles. The molecule has 4 nitrogen and oxygen atoms in total. The second-order valence-electron chi connectivity index (χ2n) is 6.48. The number of nitrogens with zero attached hydrogens (tertiary/aromatic N) is 1. The van der Waals surface area contributed by atoms with Crippen LogP contribution in [0.15, 0.2) is 53.4 Å². The third-order valence-corrected chi connectivity index (χ3v) is 6.82. The van der Waals surface area contributed by atoms with Gasteiger partial charge in [0.2, 0.25) is 10.0 Å². The molecule has 2 unspecified atom stereocenters. The van der Waals surface area contributed by atoms with E-state index in [2.05, 4.69) is 11.4 Å². The van der Waals surface area contributed by atoms with Crippen molar-refractivity contribution in [2.45, 2.75) is 17.4 Å². The SMILES string of the molecule is O=S(=O)(c1cccc(F)c1)N1Cc2ccccc2C2CNCC2C1. The molecule has 2 aliphatic rings. The average Bonchev–Trinajstić information content (AvgIpc) is 2.96. The summed E-state index contributed by atoms with van der Waals surface area (Å²) in [7, 11) is -3.72. The number of rotatable bonds is 2. The van der Waals surface area contributed by atoms with E-state index in [0.29, 0.717) is 19.0 Å². The number of fused-ring (bicyclic) bond motifs is 3. The number of sulfonamides is 1. The van der Waals surface area contributed by atoms with Crippen molar-refractivity contribution in [3.63, 3.8) is 0 Å². The topological polar surface area (TPSA) is 49.4 Å². The van der Waals surface area contributed by atoms with Crippen LogP contribution in [-0.4, -0.2) is 32.4 Å². The molecule has 2 aromatic rings. The molecule has 2 aliphatic heterocycles. The highest BCUT2D eigenvalue weighted by Crippen LogP contribution is 2.36. The highest BCUT2D eigenvalue weighted by molar-refractivity contribution is 7.89. The van der Waals surface area contributed by atoms with E-state index in [9.17, 15) is 12.8 Å². The van der Waals surface area contributed by atoms with E-state index >= 15 is 0 Å². The Balaban J connectivity index is 1.76. The minimum atomic E-state index is -3.72. The van der Waals surface area contributed by atoms with Gasteiger partial charge in [0, 0.05) is 25.6 Å². The highest BCUT2D eigenvalue weighted by atomic mass is 32.2. The maximum absolute atomic E-state index is 13.5. The second kappa shape index (κ2) is 5.95. The largest absolute Gasteiger partial charge is 0.316 e. The molecule has 1 fully saturated rings. The number of hydrogen-bond acceptors (Lipinski definition) is 3. The van der Waals surface area contributed by atoms with Gasteiger partial charge in [0.25, 0.3) is 0 Å². The normalized spacial score (nSPS) is 24.2. The Morgan fingerprint density at radius 2 is 1.92 bits per heavy atom. The smallest absolute Gasteiger partial charge is 0.243 e. The standard InChI is InChI=1S/C18H19FN2O2S/c19-15-5-3-6-16(8-15)24(22,23)21-11-13-4-1-2-7-17(13)18-10-20-9-14(18)12-21/h1-8,14,18,20H,9-12H2. The van der Waals surface area contributed by atoms with Crippen LogP contribution in [0.25, 0.3) is 0 Å². The molecule has 2 atom stereocenters. The van der Waals surface area contributed by atoms with Crippen molar-refractivity contribution in [1.82, 2.24) is 9.62 Å². The van der Waals surface area contributed by atoms with E-state index in [1.54, 1.807) is 0 Å². The predicted molar refractivity (Wildman–Crippen MR) is 89.5 cm³/mol. The summed E-state index contributed by atoms with van der Waals surface area (Å²) >= 11 is 0. The van der Waals surface area contributed by atoms with E-state index in [-0.39, 0.29) is 10.8 Å². The average molecular weight is 346 g/mol. The molecule has 0 spiro atoms. The zero-order valence-electron chi connectivity index (χ0n) is 13.2. The molecular weight excluding hydrogens is 327 g/mol. The van der Waals surface area contributed by atoms with Crippen molar-refractivity contribution in [3.8, 4) is 0 Å². The summed E-state index contributed by atoms with van der Waals surface area (Å²) in [6.45, 7) is 2.46. The molecule has 0 aromatic heterocycles. The van der Waals surface area contributed by atoms with Crippen molar-refractivity contribution in [2.75, 3.05) is 19.6 Å². The van der Waals surface area contributed by atoms with Crippen LogP contribution in [0.1, 0.15) is 17.0 Å². The van der Waals surface area contributed by atoms with E-state index in [4.69, 9.17) is 0 Å². The Morgan fingerprint density at radius 1 is 1.08 bits per heavy atom. The second-order valence-corrected chi connectivity index (χ2v) is 8.42. The third-order valence-electron chi connectivity index (χ3n) is 5.01. The van der Waals surface area contributed by atoms with E-state index in [0.717, 1.165) is 24.7 Å². The molecule has 0 bridgehead atoms. The van der Waals surface area contributed by atoms with Gasteiger partial charge in [0.1, 0.15) is 5.82 Å². The lowest BCUT2D eigenvalue weighted by Crippen LogP contribution is -2.35. The molecule has 126 valence electrons. The summed E-state index contributed by atoms with van der Waals surface area (Å²) in [6.07, 6.45) is 0. The number of nitrogens with one attached hydrogen (secondary N) is 1. The first-order valence-corrected chi connectivity index (χ1v) is 9.54. The van der Waals surface area contributed by atoms with Crippen LogP contribution in [-0.2, 0) is 16.6 Å². The van der Waals surface area contributed by atoms with Crippen LogP contribution in [0, 0.1) is 11.7 Å². The molecule has 6 heteroatoms. The Kier molecular flexibility index (Phi) is 3.90. The van der Waals surface area contributed by atoms with Crippen LogP contribution >= 0.6 is 0 Å². The fraction of sp³-hybridized carbons (Fsp3) is 0.333. The first kappa shape index (κ1) is 15.7. The van der Waals surface area contributed by atoms with Crippen LogP contribution in [0.4, 0.5) is 4.39 Å². The highest BCUT2D eigenvalue weighted by Gasteiger charge is 2.38. The van der Waals surface area contributed by atoms with Gasteiger partial charge in [0.15, 0.2) is 0 Å². The van der Waals surface area contributed by atoms with E-state index in [1.807, 2.05) is 18.2 Å². The Hall–Kier alpha value is -1.76. The van der Waals surface area contributed by atoms with Crippen LogP contribution < -0.4 is 5.32 Å². The number of hydrogen-bond donors (Lipinski definition) is 1. The van der Waals surface area contributed by atoms with Gasteiger partial charge >= 0.3 is 0 Å². The summed E-state index contributed by atoms with van der Waals surface area (Å²) in [5.41, 5.74) is 2.26. The molecule has 24 heavy (non-hydrogen) atoms. The lowest BCUT2D eigenvalue weighted by Gasteiger charge is -2.23. The summed E-state index contributed by atoms with van der Waals surface area (Å²) in [5.74, 6) is 0.0256. The van der Waals surface area contributed by atoms with Crippen LogP contribution in [0.3, 0.4) is 0 Å². The van der Waals surface area contributed by atoms with Gasteiger partial charge in [-0.05, 0) is 41.8 Å². The molecule has 0 amide bonds. The molecule has 1 N–H and O–H groups in total. The minimum Gasteiger partial charge on any atom is -0.316 e. The summed E-state index contributed by atoms with van der Waals surface area (Å²) in [5, 5.41) is 3.37. The van der Waals surface area contributed by atoms with Gasteiger partial charge in [-0.25, -0.2) is 12.8 Å². The molecule has 2 aromatic carbocycles. The fourth-order valence-electron chi connectivity index (χ4n) is 3.80. The van der Waals surface area contributed by atoms with Gasteiger partial charge in [-0.2, -0.15) is 4.31 Å². The van der Waals surface area contributed by atoms with Gasteiger partial charge < -0.3 is 5.32 Å². The molecule has 0 saturated carbocycles. The maximum Gasteiger partial charge on any atom is 0.243 e. The van der Waals surface area contributed by atoms with Gasteiger partial charge in [-0.1, -0.05) is 30.3 Å². The van der Waals surface area contributed by atoms with E-state index < -0.39 is 15.8 Å². The lowest BCUT2D eigenvalue weighted by atomic mass is 9.87. The molecular formula is C18H19FN2O2S. The number of benzene rings is 2.